The van der Waals surface area contributed by atoms with Crippen molar-refractivity contribution in [2.75, 3.05) is 15.5 Å². The van der Waals surface area contributed by atoms with Gasteiger partial charge >= 0.3 is 24.4 Å². The van der Waals surface area contributed by atoms with Crippen molar-refractivity contribution in [2.24, 2.45) is 0 Å². The number of furan rings is 1. The van der Waals surface area contributed by atoms with E-state index in [1.165, 1.54) is 12.6 Å². The molecule has 0 atom stereocenters. The molecular formula is C35H36F3N7O7. The van der Waals surface area contributed by atoms with Crippen molar-refractivity contribution in [2.45, 2.75) is 96.1 Å². The molecule has 17 heteroatoms. The van der Waals surface area contributed by atoms with Crippen LogP contribution in [-0.4, -0.2) is 55.3 Å². The molecule has 2 fully saturated rings. The lowest BCUT2D eigenvalue weighted by Crippen LogP contribution is -2.44. The number of benzene rings is 1. The van der Waals surface area contributed by atoms with E-state index in [0.29, 0.717) is 27.5 Å². The lowest BCUT2D eigenvalue weighted by molar-refractivity contribution is -0.165. The molecule has 0 bridgehead atoms. The van der Waals surface area contributed by atoms with Gasteiger partial charge in [-0.2, -0.15) is 18.1 Å². The van der Waals surface area contributed by atoms with Gasteiger partial charge in [0.25, 0.3) is 0 Å². The first kappa shape index (κ1) is 34.8. The molecular weight excluding hydrogens is 687 g/mol. The van der Waals surface area contributed by atoms with Crippen molar-refractivity contribution in [3.05, 3.63) is 48.8 Å². The molecule has 4 aromatic heterocycles. The number of urea groups is 1. The molecule has 2 saturated carbocycles. The number of rotatable bonds is 6. The van der Waals surface area contributed by atoms with Crippen LogP contribution in [0.25, 0.3) is 33.1 Å². The van der Waals surface area contributed by atoms with Crippen molar-refractivity contribution >= 4 is 57.5 Å². The molecule has 0 unspecified atom stereocenters. The van der Waals surface area contributed by atoms with Gasteiger partial charge in [-0.25, -0.2) is 24.4 Å². The predicted molar refractivity (Wildman–Crippen MR) is 182 cm³/mol. The van der Waals surface area contributed by atoms with E-state index in [9.17, 15) is 27.6 Å². The highest BCUT2D eigenvalue weighted by molar-refractivity contribution is 6.18. The van der Waals surface area contributed by atoms with Crippen LogP contribution in [-0.2, 0) is 14.9 Å². The Morgan fingerprint density at radius 1 is 0.942 bits per heavy atom. The van der Waals surface area contributed by atoms with Gasteiger partial charge in [-0.05, 0) is 84.9 Å². The monoisotopic (exact) mass is 723 g/mol. The van der Waals surface area contributed by atoms with E-state index in [-0.39, 0.29) is 47.5 Å². The van der Waals surface area contributed by atoms with E-state index in [1.54, 1.807) is 59.7 Å². The maximum absolute atomic E-state index is 13.7. The van der Waals surface area contributed by atoms with Gasteiger partial charge in [0.2, 0.25) is 0 Å². The quantitative estimate of drug-likeness (QED) is 0.172. The summed E-state index contributed by atoms with van der Waals surface area (Å²) in [6.45, 7) is 10.0. The summed E-state index contributed by atoms with van der Waals surface area (Å²) in [5.74, 6) is -0.597. The number of hydrogen-bond donors (Lipinski definition) is 2. The van der Waals surface area contributed by atoms with Crippen molar-refractivity contribution < 1.29 is 46.0 Å². The summed E-state index contributed by atoms with van der Waals surface area (Å²) >= 11 is 0. The minimum absolute atomic E-state index is 0.0494. The van der Waals surface area contributed by atoms with E-state index in [1.807, 2.05) is 10.8 Å². The minimum atomic E-state index is -4.50. The maximum Gasteiger partial charge on any atom is 0.425 e. The van der Waals surface area contributed by atoms with Crippen LogP contribution in [0, 0.1) is 0 Å². The Balaban J connectivity index is 1.26. The van der Waals surface area contributed by atoms with E-state index in [2.05, 4.69) is 25.8 Å². The van der Waals surface area contributed by atoms with Gasteiger partial charge in [-0.1, -0.05) is 11.2 Å². The Hall–Kier alpha value is -5.61. The van der Waals surface area contributed by atoms with Gasteiger partial charge in [0.1, 0.15) is 28.6 Å². The Kier molecular flexibility index (Phi) is 8.03. The molecule has 5 aromatic rings. The number of alkyl halides is 3. The molecule has 4 amide bonds. The summed E-state index contributed by atoms with van der Waals surface area (Å²) in [5.41, 5.74) is -1.85. The molecule has 2 N–H and O–H groups in total. The number of carbonyl (C=O) groups is 3. The van der Waals surface area contributed by atoms with Crippen LogP contribution >= 0.6 is 0 Å². The number of nitrogens with one attached hydrogen (secondary N) is 2. The van der Waals surface area contributed by atoms with Crippen LogP contribution < -0.4 is 15.5 Å². The van der Waals surface area contributed by atoms with Crippen LogP contribution in [0.4, 0.5) is 44.9 Å². The van der Waals surface area contributed by atoms with Gasteiger partial charge in [0.15, 0.2) is 23.0 Å². The second-order valence-electron chi connectivity index (χ2n) is 14.9. The summed E-state index contributed by atoms with van der Waals surface area (Å²) in [5, 5.41) is 9.60. The highest BCUT2D eigenvalue weighted by Gasteiger charge is 2.67. The van der Waals surface area contributed by atoms with E-state index in [0.717, 1.165) is 23.8 Å². The third-order valence-corrected chi connectivity index (χ3v) is 8.56. The standard InChI is InChI=1S/C35H36F3N7O7/c1-32(2,3)50-30(47)45(31(48)51-33(4,5)6)28-25-21(16-44(18-7-8-18)27(25)39-17-40-28)19-9-10-22(26-20(19)11-14-49-26)41-29(46)42-24-15-23(52-43-24)34(12-13-34)35(36,37)38/h9-11,14-18H,7-8,12-13H2,1-6H3,(H2,41,42,43,46). The van der Waals surface area contributed by atoms with E-state index >= 15 is 0 Å². The molecule has 14 nitrogen and oxygen atoms in total. The number of imide groups is 1. The van der Waals surface area contributed by atoms with Crippen molar-refractivity contribution in [3.8, 4) is 11.1 Å². The molecule has 2 aliphatic rings. The maximum atomic E-state index is 13.7. The predicted octanol–water partition coefficient (Wildman–Crippen LogP) is 9.08. The Bertz CT molecular complexity index is 2190. The number of hydrogen-bond acceptors (Lipinski definition) is 10. The zero-order valence-corrected chi connectivity index (χ0v) is 29.2. The average molecular weight is 724 g/mol. The molecule has 0 radical (unpaired) electrons. The molecule has 0 aliphatic heterocycles. The average Bonchev–Trinajstić information content (AvgIpc) is 3.89. The summed E-state index contributed by atoms with van der Waals surface area (Å²) in [7, 11) is 0. The van der Waals surface area contributed by atoms with Gasteiger partial charge < -0.3 is 28.3 Å². The molecule has 52 heavy (non-hydrogen) atoms. The number of fused-ring (bicyclic) bond motifs is 2. The smallest absolute Gasteiger partial charge is 0.425 e. The fourth-order valence-electron chi connectivity index (χ4n) is 5.96. The number of halogens is 3. The Labute approximate surface area is 294 Å². The number of carbonyl (C=O) groups excluding carboxylic acids is 3. The third kappa shape index (κ3) is 6.50. The van der Waals surface area contributed by atoms with Crippen LogP contribution in [0.3, 0.4) is 0 Å². The fourth-order valence-corrected chi connectivity index (χ4v) is 5.96. The fraction of sp³-hybridized carbons (Fsp3) is 0.429. The van der Waals surface area contributed by atoms with Gasteiger partial charge in [0.05, 0.1) is 17.3 Å². The van der Waals surface area contributed by atoms with Gasteiger partial charge in [-0.15, -0.1) is 0 Å². The molecule has 0 saturated heterocycles. The van der Waals surface area contributed by atoms with Crippen molar-refractivity contribution in [1.29, 1.82) is 0 Å². The molecule has 7 rings (SSSR count). The lowest BCUT2D eigenvalue weighted by Gasteiger charge is -2.28. The van der Waals surface area contributed by atoms with Crippen LogP contribution in [0.15, 0.2) is 52.0 Å². The van der Waals surface area contributed by atoms with Gasteiger partial charge in [-0.3, -0.25) is 5.32 Å². The topological polar surface area (TPSA) is 167 Å². The number of ether oxygens (including phenoxy) is 2. The summed E-state index contributed by atoms with van der Waals surface area (Å²) in [6, 6.07) is 5.39. The zero-order chi connectivity index (χ0) is 37.4. The third-order valence-electron chi connectivity index (χ3n) is 8.56. The zero-order valence-electron chi connectivity index (χ0n) is 29.2. The molecule has 274 valence electrons. The SMILES string of the molecule is CC(C)(C)OC(=O)N(C(=O)OC(C)(C)C)c1ncnc2c1c(-c1ccc(NC(=O)Nc3cc(C4(C(F)(F)F)CC4)on3)c3occc13)cn2C1CC1. The molecule has 2 aliphatic carbocycles. The van der Waals surface area contributed by atoms with Crippen molar-refractivity contribution in [1.82, 2.24) is 19.7 Å². The first-order valence-electron chi connectivity index (χ1n) is 16.6. The Morgan fingerprint density at radius 3 is 2.21 bits per heavy atom. The minimum Gasteiger partial charge on any atom is -0.462 e. The molecule has 4 heterocycles. The number of amides is 4. The molecule has 1 aromatic carbocycles. The van der Waals surface area contributed by atoms with Crippen LogP contribution in [0.2, 0.25) is 0 Å². The molecule has 0 spiro atoms. The Morgan fingerprint density at radius 2 is 1.62 bits per heavy atom. The van der Waals surface area contributed by atoms with E-state index < -0.39 is 41.0 Å². The highest BCUT2D eigenvalue weighted by Crippen LogP contribution is 2.59. The number of nitrogens with zero attached hydrogens (tertiary/aromatic N) is 5. The van der Waals surface area contributed by atoms with Crippen LogP contribution in [0.5, 0.6) is 0 Å². The second kappa shape index (κ2) is 12.0. The summed E-state index contributed by atoms with van der Waals surface area (Å²) < 4.78 is 64.6. The highest BCUT2D eigenvalue weighted by atomic mass is 19.4. The largest absolute Gasteiger partial charge is 0.462 e. The normalized spacial score (nSPS) is 15.8. The number of aromatic nitrogens is 4. The summed E-state index contributed by atoms with van der Waals surface area (Å²) in [6.07, 6.45) is -0.348. The van der Waals surface area contributed by atoms with Gasteiger partial charge in [0, 0.05) is 29.3 Å². The first-order chi connectivity index (χ1) is 24.3. The number of anilines is 3. The van der Waals surface area contributed by atoms with Crippen molar-refractivity contribution in [3.63, 3.8) is 0 Å². The lowest BCUT2D eigenvalue weighted by atomic mass is 10.0. The first-order valence-corrected chi connectivity index (χ1v) is 16.6. The van der Waals surface area contributed by atoms with Crippen LogP contribution in [0.1, 0.15) is 79.0 Å². The van der Waals surface area contributed by atoms with E-state index in [4.69, 9.17) is 18.4 Å². The second-order valence-corrected chi connectivity index (χ2v) is 14.9. The summed E-state index contributed by atoms with van der Waals surface area (Å²) in [4.78, 5) is 50.1.